The largest absolute Gasteiger partial charge is 0.352 e. The Balaban J connectivity index is 1.77. The van der Waals surface area contributed by atoms with Gasteiger partial charge in [0.15, 0.2) is 0 Å². The summed E-state index contributed by atoms with van der Waals surface area (Å²) in [6.07, 6.45) is 1.73. The Morgan fingerprint density at radius 1 is 1.50 bits per heavy atom. The molecule has 2 atom stereocenters. The molecule has 14 heavy (non-hydrogen) atoms. The van der Waals surface area contributed by atoms with E-state index in [1.165, 1.54) is 0 Å². The molecule has 0 aromatic carbocycles. The van der Waals surface area contributed by atoms with Crippen LogP contribution < -0.4 is 5.32 Å². The van der Waals surface area contributed by atoms with Gasteiger partial charge in [0.1, 0.15) is 5.92 Å². The standard InChI is InChI=1S/C9H13F2NOS/c10-9(11)4-7(9)8(13)12-6-2-1-3-14-5-6/h6-7H,1-5H2,(H,12,13). The fourth-order valence-electron chi connectivity index (χ4n) is 1.65. The maximum Gasteiger partial charge on any atom is 0.260 e. The van der Waals surface area contributed by atoms with E-state index in [-0.39, 0.29) is 12.5 Å². The first kappa shape index (κ1) is 10.2. The Hall–Kier alpha value is -0.320. The summed E-state index contributed by atoms with van der Waals surface area (Å²) >= 11 is 1.77. The Kier molecular flexibility index (Phi) is 2.68. The molecule has 0 bridgehead atoms. The maximum atomic E-state index is 12.5. The summed E-state index contributed by atoms with van der Waals surface area (Å²) in [6, 6.07) is 0.109. The van der Waals surface area contributed by atoms with Crippen molar-refractivity contribution in [3.63, 3.8) is 0 Å². The molecule has 0 spiro atoms. The van der Waals surface area contributed by atoms with Gasteiger partial charge in [0, 0.05) is 18.2 Å². The topological polar surface area (TPSA) is 29.1 Å². The van der Waals surface area contributed by atoms with Gasteiger partial charge < -0.3 is 5.32 Å². The first-order valence-corrected chi connectivity index (χ1v) is 6.01. The summed E-state index contributed by atoms with van der Waals surface area (Å²) in [5, 5.41) is 2.70. The Morgan fingerprint density at radius 3 is 2.71 bits per heavy atom. The Morgan fingerprint density at radius 2 is 2.21 bits per heavy atom. The first-order chi connectivity index (χ1) is 6.59. The molecule has 1 saturated carbocycles. The highest BCUT2D eigenvalue weighted by molar-refractivity contribution is 7.99. The molecular weight excluding hydrogens is 208 g/mol. The fraction of sp³-hybridized carbons (Fsp3) is 0.889. The van der Waals surface area contributed by atoms with Crippen molar-refractivity contribution in [1.29, 1.82) is 0 Å². The van der Waals surface area contributed by atoms with Gasteiger partial charge in [-0.2, -0.15) is 11.8 Å². The van der Waals surface area contributed by atoms with E-state index in [0.29, 0.717) is 0 Å². The second kappa shape index (κ2) is 3.68. The van der Waals surface area contributed by atoms with Crippen LogP contribution in [-0.4, -0.2) is 29.4 Å². The summed E-state index contributed by atoms with van der Waals surface area (Å²) in [7, 11) is 0. The summed E-state index contributed by atoms with van der Waals surface area (Å²) < 4.78 is 25.1. The van der Waals surface area contributed by atoms with E-state index in [2.05, 4.69) is 5.32 Å². The highest BCUT2D eigenvalue weighted by atomic mass is 32.2. The van der Waals surface area contributed by atoms with Gasteiger partial charge in [-0.15, -0.1) is 0 Å². The predicted molar refractivity (Wildman–Crippen MR) is 51.5 cm³/mol. The van der Waals surface area contributed by atoms with Gasteiger partial charge in [-0.1, -0.05) is 0 Å². The van der Waals surface area contributed by atoms with Gasteiger partial charge in [0.2, 0.25) is 5.91 Å². The number of amides is 1. The molecule has 1 heterocycles. The van der Waals surface area contributed by atoms with Crippen LogP contribution >= 0.6 is 11.8 Å². The van der Waals surface area contributed by atoms with Crippen LogP contribution in [0.3, 0.4) is 0 Å². The third-order valence-electron chi connectivity index (χ3n) is 2.65. The lowest BCUT2D eigenvalue weighted by Crippen LogP contribution is -2.40. The zero-order chi connectivity index (χ0) is 10.2. The zero-order valence-corrected chi connectivity index (χ0v) is 8.58. The normalized spacial score (nSPS) is 35.0. The van der Waals surface area contributed by atoms with Crippen LogP contribution in [0.2, 0.25) is 0 Å². The van der Waals surface area contributed by atoms with Crippen LogP contribution in [0.1, 0.15) is 19.3 Å². The number of halogens is 2. The third kappa shape index (κ3) is 2.19. The van der Waals surface area contributed by atoms with Crippen LogP contribution in [0.4, 0.5) is 8.78 Å². The molecule has 1 saturated heterocycles. The average molecular weight is 221 g/mol. The average Bonchev–Trinajstić information content (AvgIpc) is 2.77. The maximum absolute atomic E-state index is 12.5. The van der Waals surface area contributed by atoms with E-state index in [1.54, 1.807) is 11.8 Å². The Bertz CT molecular complexity index is 241. The lowest BCUT2D eigenvalue weighted by molar-refractivity contribution is -0.125. The molecule has 2 unspecified atom stereocenters. The molecule has 2 aliphatic rings. The van der Waals surface area contributed by atoms with E-state index in [9.17, 15) is 13.6 Å². The van der Waals surface area contributed by atoms with Crippen molar-refractivity contribution >= 4 is 17.7 Å². The van der Waals surface area contributed by atoms with Crippen molar-refractivity contribution < 1.29 is 13.6 Å². The molecule has 0 radical (unpaired) electrons. The molecule has 2 rings (SSSR count). The van der Waals surface area contributed by atoms with E-state index >= 15 is 0 Å². The second-order valence-corrected chi connectivity index (χ2v) is 5.09. The van der Waals surface area contributed by atoms with Crippen molar-refractivity contribution in [2.45, 2.75) is 31.2 Å². The monoisotopic (exact) mass is 221 g/mol. The molecular formula is C9H13F2NOS. The molecule has 1 aliphatic carbocycles. The van der Waals surface area contributed by atoms with Crippen molar-refractivity contribution in [1.82, 2.24) is 5.32 Å². The summed E-state index contributed by atoms with van der Waals surface area (Å²) in [6.45, 7) is 0. The Labute approximate surface area is 85.8 Å². The number of thioether (sulfide) groups is 1. The summed E-state index contributed by atoms with van der Waals surface area (Å²) in [5.74, 6) is -2.25. The van der Waals surface area contributed by atoms with Gasteiger partial charge in [0.05, 0.1) is 0 Å². The first-order valence-electron chi connectivity index (χ1n) is 4.85. The van der Waals surface area contributed by atoms with Crippen molar-refractivity contribution in [3.05, 3.63) is 0 Å². The number of hydrogen-bond donors (Lipinski definition) is 1. The van der Waals surface area contributed by atoms with E-state index in [1.807, 2.05) is 0 Å². The number of hydrogen-bond acceptors (Lipinski definition) is 2. The summed E-state index contributed by atoms with van der Waals surface area (Å²) in [5.41, 5.74) is 0. The quantitative estimate of drug-likeness (QED) is 0.768. The summed E-state index contributed by atoms with van der Waals surface area (Å²) in [4.78, 5) is 11.3. The number of nitrogens with one attached hydrogen (secondary N) is 1. The third-order valence-corrected chi connectivity index (χ3v) is 3.86. The minimum atomic E-state index is -2.73. The van der Waals surface area contributed by atoms with Gasteiger partial charge in [0.25, 0.3) is 5.92 Å². The zero-order valence-electron chi connectivity index (χ0n) is 7.76. The van der Waals surface area contributed by atoms with Gasteiger partial charge in [-0.05, 0) is 18.6 Å². The lowest BCUT2D eigenvalue weighted by atomic mass is 10.2. The van der Waals surface area contributed by atoms with Crippen molar-refractivity contribution in [2.24, 2.45) is 5.92 Å². The smallest absolute Gasteiger partial charge is 0.260 e. The van der Waals surface area contributed by atoms with Crippen LogP contribution in [0.15, 0.2) is 0 Å². The molecule has 0 aromatic rings. The molecule has 1 aliphatic heterocycles. The molecule has 1 amide bonds. The number of carbonyl (C=O) groups excluding carboxylic acids is 1. The molecule has 80 valence electrons. The number of carbonyl (C=O) groups is 1. The minimum Gasteiger partial charge on any atom is -0.352 e. The van der Waals surface area contributed by atoms with Crippen LogP contribution in [0.5, 0.6) is 0 Å². The van der Waals surface area contributed by atoms with Crippen LogP contribution in [0, 0.1) is 5.92 Å². The van der Waals surface area contributed by atoms with Crippen LogP contribution in [-0.2, 0) is 4.79 Å². The van der Waals surface area contributed by atoms with E-state index in [0.717, 1.165) is 24.3 Å². The van der Waals surface area contributed by atoms with Gasteiger partial charge in [-0.25, -0.2) is 8.78 Å². The van der Waals surface area contributed by atoms with Gasteiger partial charge >= 0.3 is 0 Å². The molecule has 2 fully saturated rings. The SMILES string of the molecule is O=C(NC1CCCSC1)C1CC1(F)F. The molecule has 2 nitrogen and oxygen atoms in total. The highest BCUT2D eigenvalue weighted by Gasteiger charge is 2.61. The minimum absolute atomic E-state index is 0.109. The van der Waals surface area contributed by atoms with Crippen molar-refractivity contribution in [2.75, 3.05) is 11.5 Å². The molecule has 5 heteroatoms. The molecule has 1 N–H and O–H groups in total. The second-order valence-electron chi connectivity index (χ2n) is 3.94. The predicted octanol–water partition coefficient (Wildman–Crippen LogP) is 1.65. The molecule has 0 aromatic heterocycles. The van der Waals surface area contributed by atoms with E-state index in [4.69, 9.17) is 0 Å². The lowest BCUT2D eigenvalue weighted by Gasteiger charge is -2.22. The number of rotatable bonds is 2. The highest BCUT2D eigenvalue weighted by Crippen LogP contribution is 2.48. The van der Waals surface area contributed by atoms with Crippen molar-refractivity contribution in [3.8, 4) is 0 Å². The number of alkyl halides is 2. The fourth-order valence-corrected chi connectivity index (χ4v) is 2.73. The van der Waals surface area contributed by atoms with Crippen LogP contribution in [0.25, 0.3) is 0 Å². The van der Waals surface area contributed by atoms with Gasteiger partial charge in [-0.3, -0.25) is 4.79 Å². The van der Waals surface area contributed by atoms with E-state index < -0.39 is 17.7 Å².